The molecule has 0 atom stereocenters. The van der Waals surface area contributed by atoms with Gasteiger partial charge in [-0.15, -0.1) is 0 Å². The van der Waals surface area contributed by atoms with E-state index in [1.54, 1.807) is 38.1 Å². The number of carbonyl (C=O) groups excluding carboxylic acids is 1. The van der Waals surface area contributed by atoms with Crippen LogP contribution in [0.4, 0.5) is 0 Å². The van der Waals surface area contributed by atoms with Gasteiger partial charge in [0.05, 0.1) is 4.90 Å². The number of Topliss-reactive ketones (excluding diaryl/α,β-unsaturated/α-hetero) is 1. The molecular weight excluding hydrogens is 348 g/mol. The Morgan fingerprint density at radius 2 is 1.81 bits per heavy atom. The summed E-state index contributed by atoms with van der Waals surface area (Å²) in [6.07, 6.45) is 3.49. The van der Waals surface area contributed by atoms with Gasteiger partial charge in [0.25, 0.3) is 10.0 Å². The molecule has 1 N–H and O–H groups in total. The maximum absolute atomic E-state index is 13.1. The van der Waals surface area contributed by atoms with Crippen molar-refractivity contribution in [3.8, 4) is 0 Å². The summed E-state index contributed by atoms with van der Waals surface area (Å²) >= 11 is 0. The maximum Gasteiger partial charge on any atom is 0.265 e. The van der Waals surface area contributed by atoms with E-state index in [0.29, 0.717) is 0 Å². The highest BCUT2D eigenvalue weighted by Crippen LogP contribution is 2.35. The number of aromatic nitrogens is 1. The Bertz CT molecular complexity index is 1160. The number of ketones is 1. The predicted octanol–water partition coefficient (Wildman–Crippen LogP) is 3.80. The minimum Gasteiger partial charge on any atom is -0.361 e. The number of nitrogens with one attached hydrogen (secondary N) is 1. The number of carbonyl (C=O) groups is 1. The Balaban J connectivity index is 2.00. The summed E-state index contributed by atoms with van der Waals surface area (Å²) in [7, 11) is -3.79. The lowest BCUT2D eigenvalue weighted by Gasteiger charge is -2.34. The number of nitrogens with zero attached hydrogens (tertiary/aromatic N) is 1. The first-order valence-corrected chi connectivity index (χ1v) is 9.81. The van der Waals surface area contributed by atoms with Crippen LogP contribution >= 0.6 is 0 Å². The monoisotopic (exact) mass is 366 g/mol. The number of hydrogen-bond donors (Lipinski definition) is 1. The number of H-pyrrole nitrogens is 1. The Kier molecular flexibility index (Phi) is 3.73. The number of aromatic amines is 1. The average Bonchev–Trinajstić information content (AvgIpc) is 3.09. The summed E-state index contributed by atoms with van der Waals surface area (Å²) in [6, 6.07) is 13.6. The summed E-state index contributed by atoms with van der Waals surface area (Å²) in [5.74, 6) is -0.281. The lowest BCUT2D eigenvalue weighted by atomic mass is 10.0. The topological polar surface area (TPSA) is 70.2 Å². The van der Waals surface area contributed by atoms with Gasteiger partial charge in [0.15, 0.2) is 0 Å². The van der Waals surface area contributed by atoms with Gasteiger partial charge in [0.2, 0.25) is 5.78 Å². The largest absolute Gasteiger partial charge is 0.361 e. The van der Waals surface area contributed by atoms with Crippen molar-refractivity contribution < 1.29 is 13.2 Å². The quantitative estimate of drug-likeness (QED) is 0.701. The lowest BCUT2D eigenvalue weighted by Crippen LogP contribution is -2.43. The fourth-order valence-corrected chi connectivity index (χ4v) is 5.27. The number of rotatable bonds is 2. The number of benzene rings is 2. The van der Waals surface area contributed by atoms with E-state index < -0.39 is 10.0 Å². The third-order valence-electron chi connectivity index (χ3n) is 4.53. The first kappa shape index (κ1) is 16.6. The maximum atomic E-state index is 13.1. The first-order valence-electron chi connectivity index (χ1n) is 8.37. The molecule has 26 heavy (non-hydrogen) atoms. The van der Waals surface area contributed by atoms with Crippen LogP contribution in [0.25, 0.3) is 17.0 Å². The molecule has 0 spiro atoms. The van der Waals surface area contributed by atoms with Crippen LogP contribution in [0.5, 0.6) is 0 Å². The van der Waals surface area contributed by atoms with Crippen LogP contribution in [-0.4, -0.2) is 29.5 Å². The molecule has 1 aliphatic heterocycles. The van der Waals surface area contributed by atoms with Crippen molar-refractivity contribution in [3.63, 3.8) is 0 Å². The Labute approximate surface area is 152 Å². The zero-order chi connectivity index (χ0) is 18.5. The molecule has 6 heteroatoms. The molecule has 5 nitrogen and oxygen atoms in total. The van der Waals surface area contributed by atoms with Crippen LogP contribution in [0.1, 0.15) is 29.8 Å². The van der Waals surface area contributed by atoms with Crippen LogP contribution in [-0.2, 0) is 10.0 Å². The van der Waals surface area contributed by atoms with Gasteiger partial charge >= 0.3 is 0 Å². The second-order valence-corrected chi connectivity index (χ2v) is 8.32. The van der Waals surface area contributed by atoms with Crippen LogP contribution < -0.4 is 0 Å². The Morgan fingerprint density at radius 1 is 1.04 bits per heavy atom. The Hall–Kier alpha value is -2.86. The van der Waals surface area contributed by atoms with Crippen LogP contribution in [0.15, 0.2) is 65.3 Å². The number of hydrogen-bond acceptors (Lipinski definition) is 3. The summed E-state index contributed by atoms with van der Waals surface area (Å²) in [5, 5.41) is 0.938. The van der Waals surface area contributed by atoms with Crippen molar-refractivity contribution >= 4 is 32.8 Å². The van der Waals surface area contributed by atoms with Gasteiger partial charge in [-0.2, -0.15) is 0 Å². The molecular formula is C20H18N2O3S. The van der Waals surface area contributed by atoms with Gasteiger partial charge in [-0.1, -0.05) is 24.3 Å². The van der Waals surface area contributed by atoms with Crippen LogP contribution in [0.3, 0.4) is 0 Å². The van der Waals surface area contributed by atoms with E-state index in [0.717, 1.165) is 16.5 Å². The van der Waals surface area contributed by atoms with Gasteiger partial charge in [-0.3, -0.25) is 9.10 Å². The van der Waals surface area contributed by atoms with E-state index in [1.165, 1.54) is 10.4 Å². The Morgan fingerprint density at radius 3 is 2.58 bits per heavy atom. The lowest BCUT2D eigenvalue weighted by molar-refractivity contribution is 0.0996. The number of sulfonamides is 1. The third kappa shape index (κ3) is 2.37. The second-order valence-electron chi connectivity index (χ2n) is 6.54. The molecule has 0 bridgehead atoms. The predicted molar refractivity (Wildman–Crippen MR) is 101 cm³/mol. The van der Waals surface area contributed by atoms with Gasteiger partial charge in [0, 0.05) is 28.7 Å². The molecule has 0 unspecified atom stereocenters. The van der Waals surface area contributed by atoms with E-state index in [4.69, 9.17) is 0 Å². The third-order valence-corrected chi connectivity index (χ3v) is 6.58. The van der Waals surface area contributed by atoms with Gasteiger partial charge in [-0.25, -0.2) is 8.42 Å². The van der Waals surface area contributed by atoms with Crippen molar-refractivity contribution in [2.45, 2.75) is 24.8 Å². The highest BCUT2D eigenvalue weighted by molar-refractivity contribution is 7.89. The molecule has 1 aliphatic rings. The molecule has 0 amide bonds. The summed E-state index contributed by atoms with van der Waals surface area (Å²) in [4.78, 5) is 16.3. The minimum atomic E-state index is -3.79. The molecule has 2 aromatic carbocycles. The van der Waals surface area contributed by atoms with Crippen molar-refractivity contribution in [3.05, 3.63) is 71.6 Å². The number of allylic oxidation sites excluding steroid dienone is 1. The van der Waals surface area contributed by atoms with Crippen molar-refractivity contribution in [1.29, 1.82) is 0 Å². The van der Waals surface area contributed by atoms with Crippen molar-refractivity contribution in [1.82, 2.24) is 9.29 Å². The summed E-state index contributed by atoms with van der Waals surface area (Å²) in [5.41, 5.74) is 2.12. The molecule has 0 saturated carbocycles. The molecule has 0 fully saturated rings. The normalized spacial score (nSPS) is 17.9. The highest BCUT2D eigenvalue weighted by atomic mass is 32.2. The highest BCUT2D eigenvalue weighted by Gasteiger charge is 2.40. The van der Waals surface area contributed by atoms with E-state index >= 15 is 0 Å². The zero-order valence-corrected chi connectivity index (χ0v) is 15.2. The molecule has 2 heterocycles. The van der Waals surface area contributed by atoms with E-state index in [-0.39, 0.29) is 28.0 Å². The fourth-order valence-electron chi connectivity index (χ4n) is 3.42. The number of fused-ring (bicyclic) bond motifs is 2. The molecule has 1 aromatic heterocycles. The molecule has 3 aromatic rings. The smallest absolute Gasteiger partial charge is 0.265 e. The minimum absolute atomic E-state index is 0.0655. The second kappa shape index (κ2) is 5.85. The average molecular weight is 366 g/mol. The van der Waals surface area contributed by atoms with Gasteiger partial charge in [0.1, 0.15) is 5.70 Å². The van der Waals surface area contributed by atoms with E-state index in [2.05, 4.69) is 4.98 Å². The van der Waals surface area contributed by atoms with Gasteiger partial charge in [-0.05, 0) is 49.8 Å². The first-order chi connectivity index (χ1) is 12.4. The van der Waals surface area contributed by atoms with Crippen LogP contribution in [0.2, 0.25) is 0 Å². The summed E-state index contributed by atoms with van der Waals surface area (Å²) < 4.78 is 27.5. The van der Waals surface area contributed by atoms with Gasteiger partial charge < -0.3 is 4.98 Å². The van der Waals surface area contributed by atoms with E-state index in [1.807, 2.05) is 30.5 Å². The van der Waals surface area contributed by atoms with Crippen LogP contribution in [0, 0.1) is 0 Å². The SMILES string of the molecule is CC(C)N1/C(=C\c2cccc3[nH]ccc23)C(=O)c2ccccc2S1(=O)=O. The molecule has 132 valence electrons. The molecule has 0 saturated heterocycles. The van der Waals surface area contributed by atoms with Crippen molar-refractivity contribution in [2.24, 2.45) is 0 Å². The standard InChI is InChI=1S/C20H18N2O3S/c1-13(2)22-18(12-14-6-5-8-17-15(14)10-11-21-17)20(23)16-7-3-4-9-19(16)26(22,24)25/h3-13,21H,1-2H3/b18-12-. The molecule has 4 rings (SSSR count). The molecule has 0 aliphatic carbocycles. The molecule has 0 radical (unpaired) electrons. The van der Waals surface area contributed by atoms with Crippen molar-refractivity contribution in [2.75, 3.05) is 0 Å². The summed E-state index contributed by atoms with van der Waals surface area (Å²) in [6.45, 7) is 3.53. The van der Waals surface area contributed by atoms with E-state index in [9.17, 15) is 13.2 Å². The fraction of sp³-hybridized carbons (Fsp3) is 0.150. The zero-order valence-electron chi connectivity index (χ0n) is 14.4.